The molecule has 26 heavy (non-hydrogen) atoms. The van der Waals surface area contributed by atoms with Gasteiger partial charge >= 0.3 is 0 Å². The number of benzene rings is 1. The number of aromatic nitrogens is 3. The van der Waals surface area contributed by atoms with Crippen LogP contribution in [0.15, 0.2) is 46.7 Å². The minimum Gasteiger partial charge on any atom is -0.365 e. The number of carbonyl (C=O) groups is 1. The number of pyridine rings is 1. The number of hydrogen-bond acceptors (Lipinski definition) is 4. The maximum atomic E-state index is 14.2. The molecule has 0 fully saturated rings. The number of carbonyl (C=O) groups excluding carboxylic acids is 1. The molecule has 0 aliphatic heterocycles. The number of H-pyrrole nitrogens is 1. The zero-order chi connectivity index (χ0) is 18.4. The topological polar surface area (TPSA) is 93.8 Å². The number of amides is 1. The molecule has 0 radical (unpaired) electrons. The van der Waals surface area contributed by atoms with Gasteiger partial charge in [0.2, 0.25) is 0 Å². The van der Waals surface area contributed by atoms with Crippen molar-refractivity contribution in [2.24, 2.45) is 5.73 Å². The number of aromatic amines is 1. The Balaban J connectivity index is 2.07. The van der Waals surface area contributed by atoms with Crippen molar-refractivity contribution < 1.29 is 13.6 Å². The number of hydrogen-bond donors (Lipinski definition) is 2. The molecule has 3 aromatic heterocycles. The molecule has 6 nitrogen and oxygen atoms in total. The Kier molecular flexibility index (Phi) is 3.66. The third-order valence-corrected chi connectivity index (χ3v) is 4.81. The Hall–Kier alpha value is -3.33. The first kappa shape index (κ1) is 16.2. The molecule has 0 bridgehead atoms. The van der Waals surface area contributed by atoms with E-state index in [1.54, 1.807) is 5.38 Å². The van der Waals surface area contributed by atoms with E-state index in [0.717, 1.165) is 28.2 Å². The summed E-state index contributed by atoms with van der Waals surface area (Å²) < 4.78 is 29.5. The number of para-hydroxylation sites is 1. The predicted octanol–water partition coefficient (Wildman–Crippen LogP) is 2.82. The molecule has 1 aromatic carbocycles. The molecule has 0 spiro atoms. The monoisotopic (exact) mass is 372 g/mol. The highest BCUT2D eigenvalue weighted by atomic mass is 32.1. The van der Waals surface area contributed by atoms with Crippen LogP contribution in [0.2, 0.25) is 0 Å². The van der Waals surface area contributed by atoms with Crippen LogP contribution >= 0.6 is 11.3 Å². The summed E-state index contributed by atoms with van der Waals surface area (Å²) in [5, 5.41) is 6.02. The van der Waals surface area contributed by atoms with Crippen molar-refractivity contribution in [3.8, 4) is 16.9 Å². The van der Waals surface area contributed by atoms with E-state index < -0.39 is 23.1 Å². The van der Waals surface area contributed by atoms with E-state index in [1.807, 2.05) is 0 Å². The second-order valence-electron chi connectivity index (χ2n) is 5.46. The molecular formula is C17H10F2N4O2S. The second-order valence-corrected chi connectivity index (χ2v) is 6.37. The van der Waals surface area contributed by atoms with E-state index in [-0.39, 0.29) is 27.2 Å². The Morgan fingerprint density at radius 2 is 1.96 bits per heavy atom. The first-order valence-electron chi connectivity index (χ1n) is 7.41. The zero-order valence-electron chi connectivity index (χ0n) is 13.0. The molecule has 0 atom stereocenters. The fourth-order valence-electron chi connectivity index (χ4n) is 2.73. The van der Waals surface area contributed by atoms with Gasteiger partial charge in [-0.15, -0.1) is 11.3 Å². The van der Waals surface area contributed by atoms with Crippen LogP contribution in [-0.2, 0) is 0 Å². The minimum atomic E-state index is -0.815. The fourth-order valence-corrected chi connectivity index (χ4v) is 3.48. The van der Waals surface area contributed by atoms with Crippen LogP contribution in [0.4, 0.5) is 8.78 Å². The number of rotatable bonds is 3. The third-order valence-electron chi connectivity index (χ3n) is 3.87. The molecule has 4 aromatic rings. The summed E-state index contributed by atoms with van der Waals surface area (Å²) in [5.41, 5.74) is 5.30. The molecule has 1 amide bonds. The van der Waals surface area contributed by atoms with Gasteiger partial charge < -0.3 is 10.7 Å². The highest BCUT2D eigenvalue weighted by Crippen LogP contribution is 2.31. The van der Waals surface area contributed by atoms with Crippen LogP contribution in [0.5, 0.6) is 0 Å². The minimum absolute atomic E-state index is 0.156. The lowest BCUT2D eigenvalue weighted by molar-refractivity contribution is 0.100. The first-order valence-corrected chi connectivity index (χ1v) is 8.29. The van der Waals surface area contributed by atoms with Crippen LogP contribution in [-0.4, -0.2) is 20.7 Å². The highest BCUT2D eigenvalue weighted by Gasteiger charge is 2.21. The molecule has 9 heteroatoms. The predicted molar refractivity (Wildman–Crippen MR) is 93.4 cm³/mol. The Morgan fingerprint density at radius 1 is 1.23 bits per heavy atom. The van der Waals surface area contributed by atoms with E-state index in [2.05, 4.69) is 10.1 Å². The summed E-state index contributed by atoms with van der Waals surface area (Å²) in [4.78, 5) is 26.5. The molecule has 0 aliphatic rings. The van der Waals surface area contributed by atoms with Gasteiger partial charge in [0.05, 0.1) is 15.8 Å². The summed E-state index contributed by atoms with van der Waals surface area (Å²) >= 11 is 1.09. The van der Waals surface area contributed by atoms with E-state index in [0.29, 0.717) is 5.56 Å². The van der Waals surface area contributed by atoms with Crippen molar-refractivity contribution in [1.29, 1.82) is 0 Å². The Morgan fingerprint density at radius 3 is 2.62 bits per heavy atom. The number of fused-ring (bicyclic) bond motifs is 1. The maximum absolute atomic E-state index is 14.2. The number of nitrogens with zero attached hydrogens (tertiary/aromatic N) is 2. The summed E-state index contributed by atoms with van der Waals surface area (Å²) in [6.07, 6.45) is 1.37. The van der Waals surface area contributed by atoms with Crippen molar-refractivity contribution in [1.82, 2.24) is 14.8 Å². The molecule has 0 unspecified atom stereocenters. The van der Waals surface area contributed by atoms with E-state index in [1.165, 1.54) is 24.4 Å². The normalized spacial score (nSPS) is 11.2. The number of thiophene rings is 1. The fraction of sp³-hybridized carbons (Fsp3) is 0. The molecule has 4 rings (SSSR count). The van der Waals surface area contributed by atoms with Crippen molar-refractivity contribution in [2.45, 2.75) is 0 Å². The van der Waals surface area contributed by atoms with Crippen LogP contribution in [0.1, 0.15) is 9.67 Å². The SMILES string of the molecule is NC(=O)c1cc(-c2nn(-c3c(F)cccc3F)c3cc[nH]c(=O)c23)cs1. The number of nitrogens with two attached hydrogens (primary N) is 1. The number of primary amides is 1. The zero-order valence-corrected chi connectivity index (χ0v) is 13.8. The first-order chi connectivity index (χ1) is 12.5. The number of nitrogens with one attached hydrogen (secondary N) is 1. The summed E-state index contributed by atoms with van der Waals surface area (Å²) in [7, 11) is 0. The molecule has 130 valence electrons. The Labute approximate surface area is 148 Å². The van der Waals surface area contributed by atoms with Gasteiger partial charge in [-0.25, -0.2) is 13.5 Å². The van der Waals surface area contributed by atoms with E-state index >= 15 is 0 Å². The average Bonchev–Trinajstić information content (AvgIpc) is 3.21. The van der Waals surface area contributed by atoms with Crippen LogP contribution in [0.3, 0.4) is 0 Å². The molecule has 0 saturated heterocycles. The lowest BCUT2D eigenvalue weighted by Crippen LogP contribution is -2.08. The largest absolute Gasteiger partial charge is 0.365 e. The Bertz CT molecular complexity index is 1200. The summed E-state index contributed by atoms with van der Waals surface area (Å²) in [6, 6.07) is 6.44. The highest BCUT2D eigenvalue weighted by molar-refractivity contribution is 7.12. The average molecular weight is 372 g/mol. The summed E-state index contributed by atoms with van der Waals surface area (Å²) in [6.45, 7) is 0. The van der Waals surface area contributed by atoms with Gasteiger partial charge in [0.25, 0.3) is 11.5 Å². The van der Waals surface area contributed by atoms with E-state index in [4.69, 9.17) is 5.73 Å². The van der Waals surface area contributed by atoms with Gasteiger partial charge in [-0.1, -0.05) is 6.07 Å². The second kappa shape index (κ2) is 5.88. The lowest BCUT2D eigenvalue weighted by Gasteiger charge is -2.05. The molecule has 0 saturated carbocycles. The van der Waals surface area contributed by atoms with Crippen molar-refractivity contribution in [2.75, 3.05) is 0 Å². The van der Waals surface area contributed by atoms with Gasteiger partial charge in [0.1, 0.15) is 11.4 Å². The van der Waals surface area contributed by atoms with Gasteiger partial charge in [0, 0.05) is 17.1 Å². The van der Waals surface area contributed by atoms with Crippen molar-refractivity contribution >= 4 is 28.1 Å². The van der Waals surface area contributed by atoms with Gasteiger partial charge in [0.15, 0.2) is 11.6 Å². The third kappa shape index (κ3) is 2.40. The molecular weight excluding hydrogens is 362 g/mol. The molecule has 0 aliphatic carbocycles. The van der Waals surface area contributed by atoms with Crippen molar-refractivity contribution in [3.63, 3.8) is 0 Å². The lowest BCUT2D eigenvalue weighted by atomic mass is 10.1. The van der Waals surface area contributed by atoms with Crippen LogP contribution in [0, 0.1) is 11.6 Å². The molecule has 3 heterocycles. The van der Waals surface area contributed by atoms with Crippen molar-refractivity contribution in [3.05, 3.63) is 68.8 Å². The van der Waals surface area contributed by atoms with Gasteiger partial charge in [-0.05, 0) is 24.3 Å². The smallest absolute Gasteiger partial charge is 0.259 e. The van der Waals surface area contributed by atoms with Gasteiger partial charge in [-0.2, -0.15) is 5.10 Å². The van der Waals surface area contributed by atoms with Crippen LogP contribution < -0.4 is 11.3 Å². The van der Waals surface area contributed by atoms with E-state index in [9.17, 15) is 18.4 Å². The number of halogens is 2. The summed E-state index contributed by atoms with van der Waals surface area (Å²) in [5.74, 6) is -2.24. The standard InChI is InChI=1S/C17H10F2N4O2S/c18-9-2-1-3-10(19)15(9)23-11-4-5-21-17(25)13(11)14(22-23)8-6-12(16(20)24)26-7-8/h1-7H,(H2,20,24)(H,21,25). The maximum Gasteiger partial charge on any atom is 0.259 e. The quantitative estimate of drug-likeness (QED) is 0.579. The molecule has 3 N–H and O–H groups in total. The van der Waals surface area contributed by atoms with Crippen LogP contribution in [0.25, 0.3) is 27.8 Å². The van der Waals surface area contributed by atoms with Gasteiger partial charge in [-0.3, -0.25) is 9.59 Å².